The van der Waals surface area contributed by atoms with Gasteiger partial charge in [0.2, 0.25) is 0 Å². The molecule has 6 fully saturated rings. The summed E-state index contributed by atoms with van der Waals surface area (Å²) in [5.41, 5.74) is 6.96. The fourth-order valence-electron chi connectivity index (χ4n) is 11.1. The van der Waals surface area contributed by atoms with Gasteiger partial charge in [-0.15, -0.1) is 0 Å². The first-order chi connectivity index (χ1) is 18.0. The molecule has 4 aliphatic carbocycles. The van der Waals surface area contributed by atoms with E-state index in [0.29, 0.717) is 40.6 Å². The van der Waals surface area contributed by atoms with Gasteiger partial charge in [0.1, 0.15) is 12.1 Å². The van der Waals surface area contributed by atoms with Crippen molar-refractivity contribution in [2.75, 3.05) is 6.61 Å². The summed E-state index contributed by atoms with van der Waals surface area (Å²) in [6.07, 6.45) is 13.4. The highest BCUT2D eigenvalue weighted by Gasteiger charge is 2.69. The molecule has 38 heavy (non-hydrogen) atoms. The molecule has 6 rings (SSSR count). The number of hydrogen-bond acceptors (Lipinski definition) is 5. The number of esters is 1. The molecule has 14 atom stereocenters. The molecule has 0 aromatic rings. The van der Waals surface area contributed by atoms with Crippen molar-refractivity contribution in [3.63, 3.8) is 0 Å². The maximum atomic E-state index is 12.7. The lowest BCUT2D eigenvalue weighted by atomic mass is 9.44. The van der Waals surface area contributed by atoms with E-state index < -0.39 is 6.04 Å². The van der Waals surface area contributed by atoms with E-state index in [1.807, 2.05) is 6.92 Å². The summed E-state index contributed by atoms with van der Waals surface area (Å²) in [5, 5.41) is 0. The van der Waals surface area contributed by atoms with Crippen molar-refractivity contribution >= 4 is 5.97 Å². The van der Waals surface area contributed by atoms with Crippen molar-refractivity contribution in [1.82, 2.24) is 0 Å². The molecule has 1 spiro atoms. The number of fused-ring (bicyclic) bond motifs is 7. The van der Waals surface area contributed by atoms with Gasteiger partial charge in [0.05, 0.1) is 12.7 Å². The Morgan fingerprint density at radius 2 is 1.76 bits per heavy atom. The summed E-state index contributed by atoms with van der Waals surface area (Å²) >= 11 is 0. The molecule has 4 saturated carbocycles. The zero-order valence-electron chi connectivity index (χ0n) is 25.0. The minimum absolute atomic E-state index is 0.0515. The van der Waals surface area contributed by atoms with E-state index in [9.17, 15) is 4.79 Å². The average Bonchev–Trinajstić information content (AvgIpc) is 3.35. The van der Waals surface area contributed by atoms with E-state index in [1.165, 1.54) is 44.9 Å². The third kappa shape index (κ3) is 4.06. The van der Waals surface area contributed by atoms with Crippen LogP contribution in [0.15, 0.2) is 0 Å². The first-order valence-corrected chi connectivity index (χ1v) is 16.3. The standard InChI is InChI=1S/C33H55NO4/c1-7-20(3)29(34)30(35)37-23-11-13-31(5)22(16-23)8-9-24-25(31)12-14-32(6)26(24)17-27-28(32)21(4)33(38-27)15-10-19(2)18-36-33/h19-29H,7-18,34H2,1-6H3/t19-,20?,21-,22?,23+,24?,25?,26?,27?,28?,29?,31-,32-,33+/m0/s1. The molecule has 216 valence electrons. The van der Waals surface area contributed by atoms with Gasteiger partial charge in [0, 0.05) is 12.3 Å². The largest absolute Gasteiger partial charge is 0.461 e. The molecule has 5 nitrogen and oxygen atoms in total. The highest BCUT2D eigenvalue weighted by Crippen LogP contribution is 2.71. The first-order valence-electron chi connectivity index (χ1n) is 16.3. The summed E-state index contributed by atoms with van der Waals surface area (Å²) in [4.78, 5) is 12.7. The van der Waals surface area contributed by atoms with Crippen LogP contribution >= 0.6 is 0 Å². The van der Waals surface area contributed by atoms with Gasteiger partial charge in [-0.3, -0.25) is 4.79 Å². The zero-order chi connectivity index (χ0) is 27.0. The zero-order valence-corrected chi connectivity index (χ0v) is 25.0. The van der Waals surface area contributed by atoms with Gasteiger partial charge in [-0.05, 0) is 110 Å². The molecular formula is C33H55NO4. The van der Waals surface area contributed by atoms with Crippen LogP contribution in [0.5, 0.6) is 0 Å². The summed E-state index contributed by atoms with van der Waals surface area (Å²) in [7, 11) is 0. The second-order valence-corrected chi connectivity index (χ2v) is 15.4. The number of rotatable bonds is 4. The quantitative estimate of drug-likeness (QED) is 0.410. The van der Waals surface area contributed by atoms with Crippen LogP contribution in [-0.2, 0) is 19.0 Å². The van der Waals surface area contributed by atoms with Crippen LogP contribution in [0.1, 0.15) is 112 Å². The molecule has 0 amide bonds. The van der Waals surface area contributed by atoms with E-state index >= 15 is 0 Å². The van der Waals surface area contributed by atoms with Crippen molar-refractivity contribution in [3.8, 4) is 0 Å². The van der Waals surface area contributed by atoms with Crippen LogP contribution in [0.4, 0.5) is 0 Å². The smallest absolute Gasteiger partial charge is 0.323 e. The van der Waals surface area contributed by atoms with Crippen molar-refractivity contribution in [3.05, 3.63) is 0 Å². The topological polar surface area (TPSA) is 70.8 Å². The molecule has 0 aromatic carbocycles. The van der Waals surface area contributed by atoms with E-state index in [2.05, 4.69) is 34.6 Å². The number of nitrogens with two attached hydrogens (primary N) is 1. The Morgan fingerprint density at radius 1 is 1.00 bits per heavy atom. The molecule has 2 heterocycles. The monoisotopic (exact) mass is 529 g/mol. The van der Waals surface area contributed by atoms with Gasteiger partial charge >= 0.3 is 5.97 Å². The van der Waals surface area contributed by atoms with Gasteiger partial charge in [-0.25, -0.2) is 0 Å². The van der Waals surface area contributed by atoms with E-state index in [0.717, 1.165) is 50.0 Å². The molecule has 2 saturated heterocycles. The Kier molecular flexibility index (Phi) is 7.04. The Hall–Kier alpha value is -0.650. The minimum atomic E-state index is -0.493. The second kappa shape index (κ2) is 9.72. The second-order valence-electron chi connectivity index (χ2n) is 15.4. The lowest BCUT2D eigenvalue weighted by molar-refractivity contribution is -0.273. The average molecular weight is 530 g/mol. The van der Waals surface area contributed by atoms with Crippen LogP contribution in [0.2, 0.25) is 0 Å². The predicted molar refractivity (Wildman–Crippen MR) is 149 cm³/mol. The molecule has 0 aromatic heterocycles. The van der Waals surface area contributed by atoms with Gasteiger partial charge in [-0.1, -0.05) is 48.0 Å². The lowest BCUT2D eigenvalue weighted by Gasteiger charge is -2.61. The fraction of sp³-hybridized carbons (Fsp3) is 0.970. The summed E-state index contributed by atoms with van der Waals surface area (Å²) < 4.78 is 19.5. The predicted octanol–water partition coefficient (Wildman–Crippen LogP) is 6.72. The van der Waals surface area contributed by atoms with Crippen molar-refractivity contribution in [2.45, 2.75) is 136 Å². The summed E-state index contributed by atoms with van der Waals surface area (Å²) in [6.45, 7) is 15.0. The van der Waals surface area contributed by atoms with Gasteiger partial charge < -0.3 is 19.9 Å². The lowest BCUT2D eigenvalue weighted by Crippen LogP contribution is -2.55. The Bertz CT molecular complexity index is 899. The van der Waals surface area contributed by atoms with Crippen molar-refractivity contribution < 1.29 is 19.0 Å². The van der Waals surface area contributed by atoms with Crippen LogP contribution in [0.3, 0.4) is 0 Å². The Labute approximate surface area is 231 Å². The normalized spacial score (nSPS) is 53.4. The van der Waals surface area contributed by atoms with E-state index in [-0.39, 0.29) is 23.8 Å². The van der Waals surface area contributed by atoms with Crippen molar-refractivity contribution in [2.24, 2.45) is 63.9 Å². The number of carbonyl (C=O) groups excluding carboxylic acids is 1. The third-order valence-corrected chi connectivity index (χ3v) is 13.7. The van der Waals surface area contributed by atoms with Gasteiger partial charge in [0.25, 0.3) is 0 Å². The first kappa shape index (κ1) is 27.5. The molecule has 0 radical (unpaired) electrons. The van der Waals surface area contributed by atoms with Crippen LogP contribution in [0.25, 0.3) is 0 Å². The molecule has 6 aliphatic rings. The molecule has 2 aliphatic heterocycles. The number of ether oxygens (including phenoxy) is 3. The fourth-order valence-corrected chi connectivity index (χ4v) is 11.1. The molecular weight excluding hydrogens is 474 g/mol. The van der Waals surface area contributed by atoms with E-state index in [1.54, 1.807) is 0 Å². The maximum absolute atomic E-state index is 12.7. The SMILES string of the molecule is CCC(C)C(N)C(=O)O[C@@H]1CC[C@@]2(C)C(CCC3C2CC[C@@]2(C)C3CC3O[C@]4(CC[C@H](C)CO4)[C@@H](C)C32)C1. The Balaban J connectivity index is 1.13. The molecule has 5 heteroatoms. The molecule has 8 unspecified atom stereocenters. The van der Waals surface area contributed by atoms with Crippen LogP contribution in [-0.4, -0.2) is 36.6 Å². The summed E-state index contributed by atoms with van der Waals surface area (Å²) in [5.74, 6) is 4.51. The minimum Gasteiger partial charge on any atom is -0.461 e. The highest BCUT2D eigenvalue weighted by atomic mass is 16.7. The summed E-state index contributed by atoms with van der Waals surface area (Å²) in [6, 6.07) is -0.493. The van der Waals surface area contributed by atoms with Gasteiger partial charge in [0.15, 0.2) is 5.79 Å². The maximum Gasteiger partial charge on any atom is 0.323 e. The third-order valence-electron chi connectivity index (χ3n) is 13.7. The molecule has 2 N–H and O–H groups in total. The highest BCUT2D eigenvalue weighted by molar-refractivity contribution is 5.76. The van der Waals surface area contributed by atoms with Gasteiger partial charge in [-0.2, -0.15) is 0 Å². The Morgan fingerprint density at radius 3 is 2.47 bits per heavy atom. The van der Waals surface area contributed by atoms with Crippen molar-refractivity contribution in [1.29, 1.82) is 0 Å². The molecule has 0 bridgehead atoms. The van der Waals surface area contributed by atoms with Crippen LogP contribution < -0.4 is 5.73 Å². The van der Waals surface area contributed by atoms with Crippen LogP contribution in [0, 0.1) is 58.2 Å². The van der Waals surface area contributed by atoms with E-state index in [4.69, 9.17) is 19.9 Å². The number of carbonyl (C=O) groups is 1. The number of hydrogen-bond donors (Lipinski definition) is 1.